The van der Waals surface area contributed by atoms with Crippen LogP contribution in [0.2, 0.25) is 0 Å². The van der Waals surface area contributed by atoms with E-state index in [2.05, 4.69) is 5.32 Å². The van der Waals surface area contributed by atoms with Gasteiger partial charge in [-0.15, -0.1) is 11.8 Å². The normalized spacial score (nSPS) is 12.8. The van der Waals surface area contributed by atoms with Crippen LogP contribution in [0.15, 0.2) is 48.5 Å². The number of halogens is 1. The molecule has 2 aromatic carbocycles. The summed E-state index contributed by atoms with van der Waals surface area (Å²) >= 11 is 1.46. The van der Waals surface area contributed by atoms with E-state index in [1.165, 1.54) is 23.9 Å². The third kappa shape index (κ3) is 7.48. The summed E-state index contributed by atoms with van der Waals surface area (Å²) in [5, 5.41) is 2.97. The maximum Gasteiger partial charge on any atom is 0.242 e. The molecule has 30 heavy (non-hydrogen) atoms. The lowest BCUT2D eigenvalue weighted by molar-refractivity contribution is -0.138. The monoisotopic (exact) mass is 430 g/mol. The van der Waals surface area contributed by atoms with Gasteiger partial charge in [-0.2, -0.15) is 0 Å². The molecule has 0 aromatic heterocycles. The zero-order chi connectivity index (χ0) is 22.1. The minimum Gasteiger partial charge on any atom is -0.352 e. The highest BCUT2D eigenvalue weighted by atomic mass is 32.2. The number of thioether (sulfide) groups is 1. The number of carbonyl (C=O) groups is 2. The highest BCUT2D eigenvalue weighted by Gasteiger charge is 2.26. The Morgan fingerprint density at radius 2 is 1.80 bits per heavy atom. The second-order valence-electron chi connectivity index (χ2n) is 7.62. The first-order valence-corrected chi connectivity index (χ1v) is 11.4. The Bertz CT molecular complexity index is 841. The molecule has 0 radical (unpaired) electrons. The molecule has 2 atom stereocenters. The molecule has 2 aromatic rings. The summed E-state index contributed by atoms with van der Waals surface area (Å²) < 4.78 is 13.1. The largest absolute Gasteiger partial charge is 0.352 e. The molecule has 162 valence electrons. The topological polar surface area (TPSA) is 49.4 Å². The molecular formula is C24H31FN2O2S. The Kier molecular flexibility index (Phi) is 9.37. The number of amides is 2. The standard InChI is InChI=1S/C24H31FN2O2S/c1-5-18(3)26-24(29)19(4)27(14-21-8-6-7-17(2)13-21)23(28)16-30-15-20-9-11-22(25)12-10-20/h6-13,18-19H,5,14-16H2,1-4H3,(H,26,29)/t18-,19-/m0/s1. The van der Waals surface area contributed by atoms with Gasteiger partial charge in [0, 0.05) is 18.3 Å². The summed E-state index contributed by atoms with van der Waals surface area (Å²) in [6.45, 7) is 8.13. The summed E-state index contributed by atoms with van der Waals surface area (Å²) in [5.74, 6) is 0.358. The smallest absolute Gasteiger partial charge is 0.242 e. The SMILES string of the molecule is CC[C@H](C)NC(=O)[C@H](C)N(Cc1cccc(C)c1)C(=O)CSCc1ccc(F)cc1. The quantitative estimate of drug-likeness (QED) is 0.594. The second-order valence-corrected chi connectivity index (χ2v) is 8.61. The molecule has 0 aliphatic rings. The van der Waals surface area contributed by atoms with E-state index in [0.717, 1.165) is 23.1 Å². The average Bonchev–Trinajstić information content (AvgIpc) is 2.72. The first kappa shape index (κ1) is 23.9. The van der Waals surface area contributed by atoms with Crippen LogP contribution in [0.4, 0.5) is 4.39 Å². The van der Waals surface area contributed by atoms with Crippen molar-refractivity contribution in [2.24, 2.45) is 0 Å². The van der Waals surface area contributed by atoms with E-state index in [-0.39, 0.29) is 29.4 Å². The predicted octanol–water partition coefficient (Wildman–Crippen LogP) is 4.70. The minimum atomic E-state index is -0.571. The second kappa shape index (κ2) is 11.7. The van der Waals surface area contributed by atoms with Crippen LogP contribution in [0.5, 0.6) is 0 Å². The van der Waals surface area contributed by atoms with Crippen molar-refractivity contribution in [2.75, 3.05) is 5.75 Å². The Labute approximate surface area is 183 Å². The number of carbonyl (C=O) groups excluding carboxylic acids is 2. The van der Waals surface area contributed by atoms with Crippen molar-refractivity contribution < 1.29 is 14.0 Å². The van der Waals surface area contributed by atoms with Gasteiger partial charge in [0.05, 0.1) is 5.75 Å². The first-order chi connectivity index (χ1) is 14.3. The first-order valence-electron chi connectivity index (χ1n) is 10.3. The molecule has 0 unspecified atom stereocenters. The third-order valence-electron chi connectivity index (χ3n) is 5.01. The summed E-state index contributed by atoms with van der Waals surface area (Å²) in [5.41, 5.74) is 3.07. The lowest BCUT2D eigenvalue weighted by atomic mass is 10.1. The van der Waals surface area contributed by atoms with E-state index in [1.807, 2.05) is 45.0 Å². The molecular weight excluding hydrogens is 399 g/mol. The van der Waals surface area contributed by atoms with E-state index in [0.29, 0.717) is 12.3 Å². The van der Waals surface area contributed by atoms with Gasteiger partial charge in [-0.05, 0) is 50.5 Å². The van der Waals surface area contributed by atoms with Crippen LogP contribution in [0.1, 0.15) is 43.9 Å². The average molecular weight is 431 g/mol. The summed E-state index contributed by atoms with van der Waals surface area (Å²) in [7, 11) is 0. The number of hydrogen-bond acceptors (Lipinski definition) is 3. The van der Waals surface area contributed by atoms with Gasteiger partial charge in [0.1, 0.15) is 11.9 Å². The molecule has 0 bridgehead atoms. The molecule has 0 aliphatic carbocycles. The molecule has 4 nitrogen and oxygen atoms in total. The van der Waals surface area contributed by atoms with Gasteiger partial charge in [0.2, 0.25) is 11.8 Å². The van der Waals surface area contributed by atoms with Gasteiger partial charge in [-0.25, -0.2) is 4.39 Å². The van der Waals surface area contributed by atoms with E-state index >= 15 is 0 Å². The van der Waals surface area contributed by atoms with Crippen molar-refractivity contribution >= 4 is 23.6 Å². The molecule has 1 N–H and O–H groups in total. The highest BCUT2D eigenvalue weighted by Crippen LogP contribution is 2.17. The van der Waals surface area contributed by atoms with Gasteiger partial charge in [-0.3, -0.25) is 9.59 Å². The Morgan fingerprint density at radius 1 is 1.10 bits per heavy atom. The van der Waals surface area contributed by atoms with Gasteiger partial charge in [-0.1, -0.05) is 48.9 Å². The summed E-state index contributed by atoms with van der Waals surface area (Å²) in [6, 6.07) is 13.7. The van der Waals surface area contributed by atoms with Crippen LogP contribution in [0.25, 0.3) is 0 Å². The molecule has 0 saturated carbocycles. The Balaban J connectivity index is 2.07. The van der Waals surface area contributed by atoms with Crippen LogP contribution in [0.3, 0.4) is 0 Å². The zero-order valence-corrected chi connectivity index (χ0v) is 19.0. The van der Waals surface area contributed by atoms with Gasteiger partial charge < -0.3 is 10.2 Å². The Morgan fingerprint density at radius 3 is 2.43 bits per heavy atom. The van der Waals surface area contributed by atoms with Gasteiger partial charge >= 0.3 is 0 Å². The van der Waals surface area contributed by atoms with E-state index in [1.54, 1.807) is 24.0 Å². The van der Waals surface area contributed by atoms with Crippen molar-refractivity contribution in [3.05, 3.63) is 71.0 Å². The van der Waals surface area contributed by atoms with E-state index < -0.39 is 6.04 Å². The van der Waals surface area contributed by atoms with Crippen LogP contribution in [0, 0.1) is 12.7 Å². The fourth-order valence-electron chi connectivity index (χ4n) is 2.98. The number of rotatable bonds is 10. The van der Waals surface area contributed by atoms with Crippen molar-refractivity contribution in [1.29, 1.82) is 0 Å². The fourth-order valence-corrected chi connectivity index (χ4v) is 3.85. The highest BCUT2D eigenvalue weighted by molar-refractivity contribution is 7.99. The molecule has 0 fully saturated rings. The van der Waals surface area contributed by atoms with E-state index in [9.17, 15) is 14.0 Å². The maximum atomic E-state index is 13.1. The molecule has 0 aliphatic heterocycles. The lowest BCUT2D eigenvalue weighted by Gasteiger charge is -2.29. The van der Waals surface area contributed by atoms with E-state index in [4.69, 9.17) is 0 Å². The summed E-state index contributed by atoms with van der Waals surface area (Å²) in [6.07, 6.45) is 0.831. The number of nitrogens with zero attached hydrogens (tertiary/aromatic N) is 1. The molecule has 0 heterocycles. The zero-order valence-electron chi connectivity index (χ0n) is 18.2. The van der Waals surface area contributed by atoms with Crippen molar-refractivity contribution in [1.82, 2.24) is 10.2 Å². The van der Waals surface area contributed by atoms with Crippen molar-refractivity contribution in [3.8, 4) is 0 Å². The number of nitrogens with one attached hydrogen (secondary N) is 1. The van der Waals surface area contributed by atoms with Crippen molar-refractivity contribution in [3.63, 3.8) is 0 Å². The lowest BCUT2D eigenvalue weighted by Crippen LogP contribution is -2.50. The molecule has 6 heteroatoms. The van der Waals surface area contributed by atoms with Crippen LogP contribution in [-0.4, -0.2) is 34.6 Å². The Hall–Kier alpha value is -2.34. The minimum absolute atomic E-state index is 0.0590. The number of hydrogen-bond donors (Lipinski definition) is 1. The van der Waals surface area contributed by atoms with Crippen molar-refractivity contribution in [2.45, 2.75) is 58.5 Å². The van der Waals surface area contributed by atoms with Crippen LogP contribution in [-0.2, 0) is 21.9 Å². The molecule has 2 rings (SSSR count). The molecule has 0 saturated heterocycles. The van der Waals surface area contributed by atoms with Gasteiger partial charge in [0.15, 0.2) is 0 Å². The van der Waals surface area contributed by atoms with Crippen LogP contribution < -0.4 is 5.32 Å². The molecule has 0 spiro atoms. The maximum absolute atomic E-state index is 13.1. The molecule has 2 amide bonds. The fraction of sp³-hybridized carbons (Fsp3) is 0.417. The summed E-state index contributed by atoms with van der Waals surface area (Å²) in [4.78, 5) is 27.4. The van der Waals surface area contributed by atoms with Crippen LogP contribution >= 0.6 is 11.8 Å². The predicted molar refractivity (Wildman–Crippen MR) is 122 cm³/mol. The van der Waals surface area contributed by atoms with Gasteiger partial charge in [0.25, 0.3) is 0 Å². The number of benzene rings is 2. The number of aryl methyl sites for hydroxylation is 1. The third-order valence-corrected chi connectivity index (χ3v) is 6.00.